The third-order valence-electron chi connectivity index (χ3n) is 4.16. The van der Waals surface area contributed by atoms with Gasteiger partial charge in [-0.2, -0.15) is 0 Å². The summed E-state index contributed by atoms with van der Waals surface area (Å²) in [5, 5.41) is 0. The molecule has 6 heteroatoms. The van der Waals surface area contributed by atoms with Crippen LogP contribution in [0.3, 0.4) is 0 Å². The van der Waals surface area contributed by atoms with E-state index in [1.807, 2.05) is 0 Å². The van der Waals surface area contributed by atoms with Crippen molar-refractivity contribution in [1.82, 2.24) is 0 Å². The highest BCUT2D eigenvalue weighted by atomic mass is 19.4. The van der Waals surface area contributed by atoms with Gasteiger partial charge in [-0.15, -0.1) is 13.2 Å². The van der Waals surface area contributed by atoms with Gasteiger partial charge in [-0.05, 0) is 62.5 Å². The quantitative estimate of drug-likeness (QED) is 0.711. The lowest BCUT2D eigenvalue weighted by Gasteiger charge is -2.19. The molecule has 0 atom stereocenters. The number of ether oxygens (including phenoxy) is 2. The van der Waals surface area contributed by atoms with Crippen LogP contribution in [0.25, 0.3) is 0 Å². The largest absolute Gasteiger partial charge is 0.573 e. The monoisotopic (exact) mass is 318 g/mol. The Hall–Kier alpha value is -1.46. The first kappa shape index (κ1) is 15.4. The lowest BCUT2D eigenvalue weighted by Crippen LogP contribution is -2.20. The van der Waals surface area contributed by atoms with Crippen molar-refractivity contribution in [2.24, 2.45) is 5.92 Å². The first-order valence-corrected chi connectivity index (χ1v) is 7.66. The van der Waals surface area contributed by atoms with Crippen molar-refractivity contribution >= 4 is 0 Å². The summed E-state index contributed by atoms with van der Waals surface area (Å²) in [6.07, 6.45) is 0.837. The summed E-state index contributed by atoms with van der Waals surface area (Å²) in [5.41, 5.74) is 0.264. The van der Waals surface area contributed by atoms with Crippen LogP contribution in [0.4, 0.5) is 17.6 Å². The molecule has 0 saturated heterocycles. The van der Waals surface area contributed by atoms with Crippen molar-refractivity contribution in [3.05, 3.63) is 23.5 Å². The summed E-state index contributed by atoms with van der Waals surface area (Å²) in [4.78, 5) is 0. The van der Waals surface area contributed by atoms with Crippen LogP contribution in [0.2, 0.25) is 0 Å². The molecule has 0 spiro atoms. The van der Waals surface area contributed by atoms with Gasteiger partial charge in [0.15, 0.2) is 11.6 Å². The number of halogens is 4. The van der Waals surface area contributed by atoms with Gasteiger partial charge < -0.3 is 9.47 Å². The summed E-state index contributed by atoms with van der Waals surface area (Å²) in [5.74, 6) is -1.55. The van der Waals surface area contributed by atoms with Crippen molar-refractivity contribution < 1.29 is 27.0 Å². The van der Waals surface area contributed by atoms with E-state index in [1.165, 1.54) is 12.1 Å². The van der Waals surface area contributed by atoms with Gasteiger partial charge in [-0.25, -0.2) is 4.39 Å². The summed E-state index contributed by atoms with van der Waals surface area (Å²) < 4.78 is 61.6. The Balaban J connectivity index is 1.86. The van der Waals surface area contributed by atoms with Crippen LogP contribution in [-0.2, 0) is 6.42 Å². The van der Waals surface area contributed by atoms with Crippen molar-refractivity contribution in [2.45, 2.75) is 57.4 Å². The van der Waals surface area contributed by atoms with Gasteiger partial charge in [0, 0.05) is 0 Å². The number of hydrogen-bond donors (Lipinski definition) is 0. The Kier molecular flexibility index (Phi) is 4.19. The molecule has 1 aromatic rings. The molecule has 2 aliphatic carbocycles. The zero-order chi connectivity index (χ0) is 15.7. The molecule has 0 unspecified atom stereocenters. The third kappa shape index (κ3) is 3.84. The molecule has 0 N–H and O–H groups in total. The van der Waals surface area contributed by atoms with E-state index in [9.17, 15) is 17.6 Å². The van der Waals surface area contributed by atoms with Crippen LogP contribution < -0.4 is 9.47 Å². The van der Waals surface area contributed by atoms with E-state index in [1.54, 1.807) is 0 Å². The average molecular weight is 318 g/mol. The maximum Gasteiger partial charge on any atom is 0.573 e. The summed E-state index contributed by atoms with van der Waals surface area (Å²) in [6.45, 7) is 0. The van der Waals surface area contributed by atoms with Gasteiger partial charge >= 0.3 is 6.36 Å². The summed E-state index contributed by atoms with van der Waals surface area (Å²) in [6, 6.07) is 2.92. The van der Waals surface area contributed by atoms with E-state index >= 15 is 0 Å². The maximum atomic E-state index is 14.4. The normalized spacial score (nSPS) is 19.5. The van der Waals surface area contributed by atoms with Gasteiger partial charge in [0.1, 0.15) is 0 Å². The van der Waals surface area contributed by atoms with Gasteiger partial charge in [0.05, 0.1) is 6.10 Å². The molecule has 0 aromatic heterocycles. The second-order valence-corrected chi connectivity index (χ2v) is 6.09. The SMILES string of the molecule is Fc1c(CC2CC2)ccc(OC2CCCC2)c1OC(F)(F)F. The number of alkyl halides is 3. The maximum absolute atomic E-state index is 14.4. The van der Waals surface area contributed by atoms with E-state index in [2.05, 4.69) is 4.74 Å². The van der Waals surface area contributed by atoms with Gasteiger partial charge in [-0.1, -0.05) is 6.07 Å². The van der Waals surface area contributed by atoms with Gasteiger partial charge in [0.2, 0.25) is 5.75 Å². The molecule has 0 radical (unpaired) electrons. The zero-order valence-electron chi connectivity index (χ0n) is 12.1. The van der Waals surface area contributed by atoms with Crippen LogP contribution in [-0.4, -0.2) is 12.5 Å². The molecule has 2 aliphatic rings. The number of hydrogen-bond acceptors (Lipinski definition) is 2. The number of rotatable bonds is 5. The molecule has 0 bridgehead atoms. The van der Waals surface area contributed by atoms with Crippen LogP contribution >= 0.6 is 0 Å². The lowest BCUT2D eigenvalue weighted by atomic mass is 10.1. The molecule has 3 rings (SSSR count). The molecule has 0 amide bonds. The second-order valence-electron chi connectivity index (χ2n) is 6.09. The topological polar surface area (TPSA) is 18.5 Å². The smallest absolute Gasteiger partial charge is 0.486 e. The van der Waals surface area contributed by atoms with Crippen LogP contribution in [0, 0.1) is 11.7 Å². The Morgan fingerprint density at radius 2 is 1.73 bits per heavy atom. The molecule has 0 heterocycles. The fraction of sp³-hybridized carbons (Fsp3) is 0.625. The molecular formula is C16H18F4O2. The van der Waals surface area contributed by atoms with Gasteiger partial charge in [-0.3, -0.25) is 0 Å². The minimum Gasteiger partial charge on any atom is -0.486 e. The third-order valence-corrected chi connectivity index (χ3v) is 4.16. The molecule has 22 heavy (non-hydrogen) atoms. The second kappa shape index (κ2) is 5.97. The predicted octanol–water partition coefficient (Wildman–Crippen LogP) is 5.00. The standard InChI is InChI=1S/C16H18F4O2/c17-14-11(9-10-5-6-10)7-8-13(15(14)22-16(18,19)20)21-12-3-1-2-4-12/h7-8,10,12H,1-6,9H2. The Morgan fingerprint density at radius 3 is 2.32 bits per heavy atom. The molecule has 2 saturated carbocycles. The van der Waals surface area contributed by atoms with Crippen molar-refractivity contribution in [1.29, 1.82) is 0 Å². The first-order valence-electron chi connectivity index (χ1n) is 7.66. The van der Waals surface area contributed by atoms with E-state index in [4.69, 9.17) is 4.74 Å². The first-order chi connectivity index (χ1) is 10.4. The molecular weight excluding hydrogens is 300 g/mol. The van der Waals surface area contributed by atoms with E-state index in [0.717, 1.165) is 38.5 Å². The van der Waals surface area contributed by atoms with Crippen molar-refractivity contribution in [3.8, 4) is 11.5 Å². The summed E-state index contributed by atoms with van der Waals surface area (Å²) >= 11 is 0. The van der Waals surface area contributed by atoms with Gasteiger partial charge in [0.25, 0.3) is 0 Å². The Morgan fingerprint density at radius 1 is 1.05 bits per heavy atom. The van der Waals surface area contributed by atoms with E-state index < -0.39 is 17.9 Å². The Bertz CT molecular complexity index is 532. The molecule has 122 valence electrons. The highest BCUT2D eigenvalue weighted by Gasteiger charge is 2.36. The fourth-order valence-electron chi connectivity index (χ4n) is 2.86. The Labute approximate surface area is 126 Å². The molecule has 2 fully saturated rings. The van der Waals surface area contributed by atoms with Crippen LogP contribution in [0.1, 0.15) is 44.1 Å². The zero-order valence-corrected chi connectivity index (χ0v) is 12.1. The van der Waals surface area contributed by atoms with Crippen LogP contribution in [0.5, 0.6) is 11.5 Å². The van der Waals surface area contributed by atoms with Crippen LogP contribution in [0.15, 0.2) is 12.1 Å². The number of benzene rings is 1. The molecule has 0 aliphatic heterocycles. The highest BCUT2D eigenvalue weighted by Crippen LogP contribution is 2.41. The molecule has 1 aromatic carbocycles. The van der Waals surface area contributed by atoms with E-state index in [0.29, 0.717) is 12.3 Å². The average Bonchev–Trinajstić information content (AvgIpc) is 3.10. The summed E-state index contributed by atoms with van der Waals surface area (Å²) in [7, 11) is 0. The van der Waals surface area contributed by atoms with Crippen molar-refractivity contribution in [2.75, 3.05) is 0 Å². The molecule has 2 nitrogen and oxygen atoms in total. The highest BCUT2D eigenvalue weighted by molar-refractivity contribution is 5.45. The van der Waals surface area contributed by atoms with Crippen molar-refractivity contribution in [3.63, 3.8) is 0 Å². The minimum atomic E-state index is -4.94. The van der Waals surface area contributed by atoms with E-state index in [-0.39, 0.29) is 17.4 Å². The minimum absolute atomic E-state index is 0.152. The fourth-order valence-corrected chi connectivity index (χ4v) is 2.86. The lowest BCUT2D eigenvalue weighted by molar-refractivity contribution is -0.276. The predicted molar refractivity (Wildman–Crippen MR) is 72.4 cm³/mol.